The van der Waals surface area contributed by atoms with Crippen LogP contribution in [0.15, 0.2) is 41.0 Å². The van der Waals surface area contributed by atoms with Crippen LogP contribution in [0.1, 0.15) is 10.4 Å². The summed E-state index contributed by atoms with van der Waals surface area (Å²) in [6.07, 6.45) is 1.31. The van der Waals surface area contributed by atoms with E-state index in [9.17, 15) is 14.4 Å². The third-order valence-electron chi connectivity index (χ3n) is 2.91. The highest BCUT2D eigenvalue weighted by molar-refractivity contribution is 9.10. The molecule has 10 heteroatoms. The van der Waals surface area contributed by atoms with Gasteiger partial charge in [-0.1, -0.05) is 45.2 Å². The van der Waals surface area contributed by atoms with Crippen LogP contribution in [0, 0.1) is 0 Å². The Morgan fingerprint density at radius 3 is 2.65 bits per heavy atom. The predicted molar refractivity (Wildman–Crippen MR) is 100 cm³/mol. The zero-order valence-corrected chi connectivity index (χ0v) is 16.2. The zero-order valence-electron chi connectivity index (χ0n) is 13.1. The molecule has 0 atom stereocenters. The first kappa shape index (κ1) is 20.2. The van der Waals surface area contributed by atoms with E-state index in [1.807, 2.05) is 0 Å². The van der Waals surface area contributed by atoms with Gasteiger partial charge in [-0.15, -0.1) is 0 Å². The molecule has 0 unspecified atom stereocenters. The number of ether oxygens (including phenoxy) is 1. The van der Waals surface area contributed by atoms with Gasteiger partial charge in [0.25, 0.3) is 11.8 Å². The first-order valence-corrected chi connectivity index (χ1v) is 8.70. The van der Waals surface area contributed by atoms with E-state index < -0.39 is 24.4 Å². The number of halogens is 3. The summed E-state index contributed by atoms with van der Waals surface area (Å²) in [6.45, 7) is -0.926. The lowest BCUT2D eigenvalue weighted by molar-refractivity contribution is -0.146. The lowest BCUT2D eigenvalue weighted by Crippen LogP contribution is -2.32. The number of carbonyl (C=O) groups excluding carboxylic acids is 3. The SMILES string of the molecule is O=C(COC(=O)CNC(=O)c1cccc(Br)c1)Nc1ncc(Cl)cc1Cl. The minimum absolute atomic E-state index is 0.0973. The summed E-state index contributed by atoms with van der Waals surface area (Å²) in [5.41, 5.74) is 0.383. The molecule has 1 aromatic heterocycles. The number of anilines is 1. The summed E-state index contributed by atoms with van der Waals surface area (Å²) in [5.74, 6) is -1.74. The third-order valence-corrected chi connectivity index (χ3v) is 3.90. The first-order chi connectivity index (χ1) is 12.3. The Kier molecular flexibility index (Phi) is 7.38. The van der Waals surface area contributed by atoms with Crippen LogP contribution in [0.3, 0.4) is 0 Å². The van der Waals surface area contributed by atoms with Gasteiger partial charge in [-0.3, -0.25) is 14.4 Å². The van der Waals surface area contributed by atoms with E-state index in [0.29, 0.717) is 10.6 Å². The Hall–Kier alpha value is -2.16. The van der Waals surface area contributed by atoms with Crippen LogP contribution in [0.25, 0.3) is 0 Å². The molecule has 0 saturated heterocycles. The Morgan fingerprint density at radius 2 is 1.96 bits per heavy atom. The van der Waals surface area contributed by atoms with Gasteiger partial charge in [0.1, 0.15) is 6.54 Å². The Labute approximate surface area is 167 Å². The molecule has 1 aromatic carbocycles. The fourth-order valence-corrected chi connectivity index (χ4v) is 2.58. The molecule has 2 aromatic rings. The van der Waals surface area contributed by atoms with Crippen LogP contribution >= 0.6 is 39.1 Å². The molecule has 2 amide bonds. The normalized spacial score (nSPS) is 10.1. The summed E-state index contributed by atoms with van der Waals surface area (Å²) in [5, 5.41) is 5.25. The van der Waals surface area contributed by atoms with Crippen molar-refractivity contribution in [3.05, 3.63) is 56.6 Å². The van der Waals surface area contributed by atoms with E-state index in [2.05, 4.69) is 31.5 Å². The fourth-order valence-electron chi connectivity index (χ4n) is 1.76. The number of aromatic nitrogens is 1. The van der Waals surface area contributed by atoms with E-state index in [0.717, 1.165) is 4.47 Å². The van der Waals surface area contributed by atoms with E-state index in [-0.39, 0.29) is 17.4 Å². The van der Waals surface area contributed by atoms with Gasteiger partial charge >= 0.3 is 5.97 Å². The van der Waals surface area contributed by atoms with Crippen molar-refractivity contribution >= 4 is 62.7 Å². The number of benzene rings is 1. The van der Waals surface area contributed by atoms with E-state index >= 15 is 0 Å². The number of carbonyl (C=O) groups is 3. The molecule has 7 nitrogen and oxygen atoms in total. The van der Waals surface area contributed by atoms with Gasteiger partial charge < -0.3 is 15.4 Å². The molecule has 0 fully saturated rings. The fraction of sp³-hybridized carbons (Fsp3) is 0.125. The number of rotatable bonds is 6. The Morgan fingerprint density at radius 1 is 1.19 bits per heavy atom. The molecule has 2 rings (SSSR count). The van der Waals surface area contributed by atoms with Gasteiger partial charge in [-0.2, -0.15) is 0 Å². The monoisotopic (exact) mass is 459 g/mol. The molecule has 2 N–H and O–H groups in total. The second kappa shape index (κ2) is 9.51. The Balaban J connectivity index is 1.76. The van der Waals surface area contributed by atoms with Crippen molar-refractivity contribution in [1.29, 1.82) is 0 Å². The van der Waals surface area contributed by atoms with Crippen molar-refractivity contribution in [1.82, 2.24) is 10.3 Å². The van der Waals surface area contributed by atoms with Crippen molar-refractivity contribution < 1.29 is 19.1 Å². The smallest absolute Gasteiger partial charge is 0.325 e. The Bertz CT molecular complexity index is 848. The van der Waals surface area contributed by atoms with Crippen LogP contribution in [-0.4, -0.2) is 35.9 Å². The van der Waals surface area contributed by atoms with Crippen molar-refractivity contribution in [2.45, 2.75) is 0 Å². The number of hydrogen-bond donors (Lipinski definition) is 2. The molecule has 0 spiro atoms. The number of nitrogens with one attached hydrogen (secondary N) is 2. The summed E-state index contributed by atoms with van der Waals surface area (Å²) >= 11 is 14.8. The summed E-state index contributed by atoms with van der Waals surface area (Å²) in [7, 11) is 0. The molecule has 1 heterocycles. The minimum atomic E-state index is -0.765. The first-order valence-electron chi connectivity index (χ1n) is 7.15. The maximum absolute atomic E-state index is 11.9. The molecule has 0 bridgehead atoms. The summed E-state index contributed by atoms with van der Waals surface area (Å²) < 4.78 is 5.51. The third kappa shape index (κ3) is 6.29. The quantitative estimate of drug-likeness (QED) is 0.645. The number of pyridine rings is 1. The average Bonchev–Trinajstić information content (AvgIpc) is 2.60. The summed E-state index contributed by atoms with van der Waals surface area (Å²) in [6, 6.07) is 8.08. The van der Waals surface area contributed by atoms with Crippen LogP contribution in [-0.2, 0) is 14.3 Å². The highest BCUT2D eigenvalue weighted by Gasteiger charge is 2.12. The highest BCUT2D eigenvalue weighted by atomic mass is 79.9. The molecular weight excluding hydrogens is 449 g/mol. The summed E-state index contributed by atoms with van der Waals surface area (Å²) in [4.78, 5) is 39.1. The van der Waals surface area contributed by atoms with Gasteiger partial charge in [0.2, 0.25) is 0 Å². The van der Waals surface area contributed by atoms with E-state index in [1.54, 1.807) is 24.3 Å². The standard InChI is InChI=1S/C16H12BrCl2N3O4/c17-10-3-1-2-9(4-10)16(25)21-7-14(24)26-8-13(23)22-15-12(19)5-11(18)6-20-15/h1-6H,7-8H2,(H,21,25)(H,20,22,23). The number of nitrogens with zero attached hydrogens (tertiary/aromatic N) is 1. The van der Waals surface area contributed by atoms with Crippen LogP contribution in [0.2, 0.25) is 10.0 Å². The second-order valence-electron chi connectivity index (χ2n) is 4.89. The lowest BCUT2D eigenvalue weighted by atomic mass is 10.2. The van der Waals surface area contributed by atoms with Gasteiger partial charge in [0.05, 0.1) is 10.0 Å². The van der Waals surface area contributed by atoms with Crippen molar-refractivity contribution in [2.75, 3.05) is 18.5 Å². The van der Waals surface area contributed by atoms with Gasteiger partial charge in [0.15, 0.2) is 12.4 Å². The van der Waals surface area contributed by atoms with E-state index in [4.69, 9.17) is 27.9 Å². The highest BCUT2D eigenvalue weighted by Crippen LogP contribution is 2.22. The number of amides is 2. The number of hydrogen-bond acceptors (Lipinski definition) is 5. The van der Waals surface area contributed by atoms with Crippen LogP contribution in [0.5, 0.6) is 0 Å². The molecule has 136 valence electrons. The van der Waals surface area contributed by atoms with Crippen molar-refractivity contribution in [2.24, 2.45) is 0 Å². The number of esters is 1. The molecule has 26 heavy (non-hydrogen) atoms. The van der Waals surface area contributed by atoms with Gasteiger partial charge in [-0.25, -0.2) is 4.98 Å². The largest absolute Gasteiger partial charge is 0.454 e. The van der Waals surface area contributed by atoms with Crippen molar-refractivity contribution in [3.63, 3.8) is 0 Å². The van der Waals surface area contributed by atoms with Crippen LogP contribution < -0.4 is 10.6 Å². The van der Waals surface area contributed by atoms with Crippen molar-refractivity contribution in [3.8, 4) is 0 Å². The van der Waals surface area contributed by atoms with Crippen LogP contribution in [0.4, 0.5) is 5.82 Å². The minimum Gasteiger partial charge on any atom is -0.454 e. The topological polar surface area (TPSA) is 97.4 Å². The zero-order chi connectivity index (χ0) is 19.1. The molecule has 0 aliphatic rings. The predicted octanol–water partition coefficient (Wildman–Crippen LogP) is 3.06. The maximum atomic E-state index is 11.9. The molecule has 0 aliphatic heterocycles. The molecular formula is C16H12BrCl2N3O4. The second-order valence-corrected chi connectivity index (χ2v) is 6.65. The molecule has 0 saturated carbocycles. The average molecular weight is 461 g/mol. The van der Waals surface area contributed by atoms with Gasteiger partial charge in [0, 0.05) is 16.2 Å². The van der Waals surface area contributed by atoms with E-state index in [1.165, 1.54) is 12.3 Å². The molecule has 0 radical (unpaired) electrons. The lowest BCUT2D eigenvalue weighted by Gasteiger charge is -2.08. The maximum Gasteiger partial charge on any atom is 0.325 e. The molecule has 0 aliphatic carbocycles. The van der Waals surface area contributed by atoms with Gasteiger partial charge in [-0.05, 0) is 24.3 Å².